The lowest BCUT2D eigenvalue weighted by atomic mass is 10.1. The van der Waals surface area contributed by atoms with E-state index in [-0.39, 0.29) is 5.69 Å². The zero-order chi connectivity index (χ0) is 13.7. The van der Waals surface area contributed by atoms with E-state index in [4.69, 9.17) is 0 Å². The van der Waals surface area contributed by atoms with Gasteiger partial charge in [-0.15, -0.1) is 0 Å². The van der Waals surface area contributed by atoms with Gasteiger partial charge in [-0.05, 0) is 26.0 Å². The van der Waals surface area contributed by atoms with Crippen LogP contribution in [-0.2, 0) is 0 Å². The average molecular weight is 248 g/mol. The second-order valence-corrected chi connectivity index (χ2v) is 4.09. The lowest BCUT2D eigenvalue weighted by Gasteiger charge is -2.22. The van der Waals surface area contributed by atoms with Crippen molar-refractivity contribution in [2.45, 2.75) is 13.8 Å². The first-order valence-corrected chi connectivity index (χ1v) is 5.62. The van der Waals surface area contributed by atoms with Gasteiger partial charge in [0, 0.05) is 24.7 Å². The minimum absolute atomic E-state index is 0.0531. The standard InChI is InChI=1S/C13H16N2O3/c1-4-14(8-10(2)3)12-6-5-11(9-16)7-13(12)15(17)18/h5-7,9H,2,4,8H2,1,3H3. The summed E-state index contributed by atoms with van der Waals surface area (Å²) < 4.78 is 0. The zero-order valence-electron chi connectivity index (χ0n) is 10.5. The van der Waals surface area contributed by atoms with Gasteiger partial charge in [-0.2, -0.15) is 0 Å². The molecule has 0 aliphatic rings. The van der Waals surface area contributed by atoms with E-state index < -0.39 is 4.92 Å². The molecule has 0 saturated carbocycles. The number of hydrogen-bond acceptors (Lipinski definition) is 4. The number of rotatable bonds is 6. The summed E-state index contributed by atoms with van der Waals surface area (Å²) in [5.74, 6) is 0. The molecule has 0 aliphatic carbocycles. The third-order valence-corrected chi connectivity index (χ3v) is 2.52. The highest BCUT2D eigenvalue weighted by Gasteiger charge is 2.19. The van der Waals surface area contributed by atoms with Crippen molar-refractivity contribution in [3.8, 4) is 0 Å². The van der Waals surface area contributed by atoms with Crippen LogP contribution in [0, 0.1) is 10.1 Å². The van der Waals surface area contributed by atoms with Crippen LogP contribution in [0.4, 0.5) is 11.4 Å². The van der Waals surface area contributed by atoms with Crippen molar-refractivity contribution in [2.75, 3.05) is 18.0 Å². The molecule has 0 aromatic heterocycles. The molecule has 0 radical (unpaired) electrons. The van der Waals surface area contributed by atoms with Crippen molar-refractivity contribution in [1.29, 1.82) is 0 Å². The van der Waals surface area contributed by atoms with Gasteiger partial charge >= 0.3 is 0 Å². The van der Waals surface area contributed by atoms with Crippen LogP contribution in [0.15, 0.2) is 30.4 Å². The van der Waals surface area contributed by atoms with E-state index in [0.29, 0.717) is 30.6 Å². The quantitative estimate of drug-likeness (QED) is 0.336. The predicted octanol–water partition coefficient (Wildman–Crippen LogP) is 2.81. The summed E-state index contributed by atoms with van der Waals surface area (Å²) in [4.78, 5) is 23.1. The monoisotopic (exact) mass is 248 g/mol. The van der Waals surface area contributed by atoms with Crippen molar-refractivity contribution >= 4 is 17.7 Å². The summed E-state index contributed by atoms with van der Waals surface area (Å²) in [6.07, 6.45) is 0.603. The van der Waals surface area contributed by atoms with Crippen LogP contribution in [0.3, 0.4) is 0 Å². The van der Waals surface area contributed by atoms with E-state index in [1.807, 2.05) is 18.7 Å². The number of hydrogen-bond donors (Lipinski definition) is 0. The first-order chi connectivity index (χ1) is 8.49. The SMILES string of the molecule is C=C(C)CN(CC)c1ccc(C=O)cc1[N+](=O)[O-]. The number of carbonyl (C=O) groups is 1. The number of nitro benzene ring substituents is 1. The summed E-state index contributed by atoms with van der Waals surface area (Å²) >= 11 is 0. The fourth-order valence-electron chi connectivity index (χ4n) is 1.72. The van der Waals surface area contributed by atoms with Crippen molar-refractivity contribution < 1.29 is 9.72 Å². The Morgan fingerprint density at radius 2 is 2.22 bits per heavy atom. The molecule has 1 aromatic carbocycles. The lowest BCUT2D eigenvalue weighted by Crippen LogP contribution is -2.25. The Labute approximate surface area is 106 Å². The van der Waals surface area contributed by atoms with Crippen LogP contribution < -0.4 is 4.90 Å². The van der Waals surface area contributed by atoms with Crippen molar-refractivity contribution in [2.24, 2.45) is 0 Å². The molecule has 18 heavy (non-hydrogen) atoms. The molecule has 5 nitrogen and oxygen atoms in total. The smallest absolute Gasteiger partial charge is 0.293 e. The van der Waals surface area contributed by atoms with Gasteiger partial charge in [-0.25, -0.2) is 0 Å². The van der Waals surface area contributed by atoms with Gasteiger partial charge in [0.2, 0.25) is 0 Å². The zero-order valence-corrected chi connectivity index (χ0v) is 10.5. The highest BCUT2D eigenvalue weighted by molar-refractivity contribution is 5.79. The molecule has 1 aromatic rings. The Kier molecular flexibility index (Phi) is 4.59. The number of nitro groups is 1. The van der Waals surface area contributed by atoms with Crippen molar-refractivity contribution in [3.63, 3.8) is 0 Å². The Bertz CT molecular complexity index is 483. The van der Waals surface area contributed by atoms with Crippen LogP contribution >= 0.6 is 0 Å². The first kappa shape index (κ1) is 13.9. The molecule has 0 atom stereocenters. The molecule has 0 unspecified atom stereocenters. The van der Waals surface area contributed by atoms with E-state index in [2.05, 4.69) is 6.58 Å². The van der Waals surface area contributed by atoms with E-state index >= 15 is 0 Å². The third kappa shape index (κ3) is 3.16. The van der Waals surface area contributed by atoms with Gasteiger partial charge in [0.25, 0.3) is 5.69 Å². The maximum absolute atomic E-state index is 11.0. The van der Waals surface area contributed by atoms with Gasteiger partial charge in [0.15, 0.2) is 0 Å². The first-order valence-electron chi connectivity index (χ1n) is 5.62. The molecule has 0 bridgehead atoms. The fourth-order valence-corrected chi connectivity index (χ4v) is 1.72. The van der Waals surface area contributed by atoms with Crippen LogP contribution in [0.2, 0.25) is 0 Å². The molecular weight excluding hydrogens is 232 g/mol. The summed E-state index contributed by atoms with van der Waals surface area (Å²) in [7, 11) is 0. The molecule has 0 spiro atoms. The van der Waals surface area contributed by atoms with Crippen LogP contribution in [0.5, 0.6) is 0 Å². The normalized spacial score (nSPS) is 9.89. The van der Waals surface area contributed by atoms with Crippen LogP contribution in [-0.4, -0.2) is 24.3 Å². The molecule has 96 valence electrons. The van der Waals surface area contributed by atoms with E-state index in [0.717, 1.165) is 5.57 Å². The molecule has 0 heterocycles. The molecule has 1 rings (SSSR count). The topological polar surface area (TPSA) is 63.5 Å². The van der Waals surface area contributed by atoms with Crippen LogP contribution in [0.25, 0.3) is 0 Å². The second-order valence-electron chi connectivity index (χ2n) is 4.09. The number of benzene rings is 1. The Hall–Kier alpha value is -2.17. The molecule has 0 fully saturated rings. The molecule has 0 N–H and O–H groups in total. The lowest BCUT2D eigenvalue weighted by molar-refractivity contribution is -0.384. The summed E-state index contributed by atoms with van der Waals surface area (Å²) in [5.41, 5.74) is 1.68. The summed E-state index contributed by atoms with van der Waals surface area (Å²) in [6.45, 7) is 8.78. The molecule has 0 amide bonds. The van der Waals surface area contributed by atoms with Crippen molar-refractivity contribution in [3.05, 3.63) is 46.0 Å². The number of carbonyl (C=O) groups excluding carboxylic acids is 1. The minimum Gasteiger partial charge on any atom is -0.362 e. The number of aldehydes is 1. The van der Waals surface area contributed by atoms with Crippen LogP contribution in [0.1, 0.15) is 24.2 Å². The second kappa shape index (κ2) is 5.95. The minimum atomic E-state index is -0.469. The highest BCUT2D eigenvalue weighted by Crippen LogP contribution is 2.29. The van der Waals surface area contributed by atoms with Gasteiger partial charge in [-0.1, -0.05) is 12.2 Å². The Morgan fingerprint density at radius 1 is 1.56 bits per heavy atom. The fraction of sp³-hybridized carbons (Fsp3) is 0.308. The Morgan fingerprint density at radius 3 is 2.67 bits per heavy atom. The predicted molar refractivity (Wildman–Crippen MR) is 71.2 cm³/mol. The van der Waals surface area contributed by atoms with Gasteiger partial charge < -0.3 is 4.90 Å². The third-order valence-electron chi connectivity index (χ3n) is 2.52. The number of likely N-dealkylation sites (N-methyl/N-ethyl adjacent to an activating group) is 1. The Balaban J connectivity index is 3.24. The molecular formula is C13H16N2O3. The largest absolute Gasteiger partial charge is 0.362 e. The van der Waals surface area contributed by atoms with Crippen molar-refractivity contribution in [1.82, 2.24) is 0 Å². The molecule has 0 aliphatic heterocycles. The average Bonchev–Trinajstić information content (AvgIpc) is 2.34. The molecule has 0 saturated heterocycles. The number of anilines is 1. The summed E-state index contributed by atoms with van der Waals surface area (Å²) in [6, 6.07) is 4.48. The highest BCUT2D eigenvalue weighted by atomic mass is 16.6. The maximum atomic E-state index is 11.0. The molecule has 5 heteroatoms. The van der Waals surface area contributed by atoms with Gasteiger partial charge in [-0.3, -0.25) is 14.9 Å². The van der Waals surface area contributed by atoms with Gasteiger partial charge in [0.1, 0.15) is 12.0 Å². The van der Waals surface area contributed by atoms with Gasteiger partial charge in [0.05, 0.1) is 4.92 Å². The van der Waals surface area contributed by atoms with E-state index in [1.54, 1.807) is 12.1 Å². The number of nitrogens with zero attached hydrogens (tertiary/aromatic N) is 2. The van der Waals surface area contributed by atoms with E-state index in [1.165, 1.54) is 6.07 Å². The maximum Gasteiger partial charge on any atom is 0.293 e. The van der Waals surface area contributed by atoms with E-state index in [9.17, 15) is 14.9 Å². The summed E-state index contributed by atoms with van der Waals surface area (Å²) in [5, 5.41) is 11.0.